The maximum Gasteiger partial charge on any atom is 0.170 e. The zero-order chi connectivity index (χ0) is 22.8. The normalized spacial score (nSPS) is 14.5. The highest BCUT2D eigenvalue weighted by Gasteiger charge is 2.17. The number of rotatable bonds is 5. The topological polar surface area (TPSA) is 88.0 Å². The van der Waals surface area contributed by atoms with Crippen molar-refractivity contribution in [3.63, 3.8) is 0 Å². The minimum absolute atomic E-state index is 0.0183. The molecule has 0 amide bonds. The van der Waals surface area contributed by atoms with Crippen molar-refractivity contribution in [1.29, 1.82) is 0 Å². The number of fused-ring (bicyclic) bond motifs is 1. The number of hydrogen-bond donors (Lipinski definition) is 0. The fourth-order valence-electron chi connectivity index (χ4n) is 3.91. The minimum Gasteiger partial charge on any atom is -0.354 e. The van der Waals surface area contributed by atoms with Crippen molar-refractivity contribution in [2.75, 3.05) is 38.1 Å². The third-order valence-corrected chi connectivity index (χ3v) is 5.96. The molecule has 0 aliphatic carbocycles. The van der Waals surface area contributed by atoms with Crippen LogP contribution in [0.15, 0.2) is 55.1 Å². The quantitative estimate of drug-likeness (QED) is 0.439. The molecule has 1 saturated heterocycles. The van der Waals surface area contributed by atoms with E-state index in [4.69, 9.17) is 0 Å². The molecule has 8 nitrogen and oxygen atoms in total. The third-order valence-electron chi connectivity index (χ3n) is 5.96. The van der Waals surface area contributed by atoms with Crippen LogP contribution in [0.4, 0.5) is 5.82 Å². The van der Waals surface area contributed by atoms with E-state index in [1.165, 1.54) is 0 Å². The zero-order valence-corrected chi connectivity index (χ0v) is 18.8. The lowest BCUT2D eigenvalue weighted by atomic mass is 10.1. The third kappa shape index (κ3) is 4.70. The van der Waals surface area contributed by atoms with Crippen LogP contribution in [0.5, 0.6) is 0 Å². The van der Waals surface area contributed by atoms with Gasteiger partial charge in [0, 0.05) is 67.5 Å². The molecule has 166 valence electrons. The van der Waals surface area contributed by atoms with Crippen molar-refractivity contribution in [2.24, 2.45) is 0 Å². The number of aryl methyl sites for hydroxylation is 1. The average molecular weight is 440 g/mol. The Morgan fingerprint density at radius 1 is 0.909 bits per heavy atom. The van der Waals surface area contributed by atoms with E-state index >= 15 is 0 Å². The van der Waals surface area contributed by atoms with Crippen molar-refractivity contribution in [1.82, 2.24) is 29.8 Å². The molecule has 0 unspecified atom stereocenters. The first-order valence-electron chi connectivity index (χ1n) is 11.0. The van der Waals surface area contributed by atoms with E-state index in [0.29, 0.717) is 11.4 Å². The van der Waals surface area contributed by atoms with Crippen LogP contribution < -0.4 is 4.90 Å². The molecule has 4 aromatic rings. The Morgan fingerprint density at radius 3 is 2.48 bits per heavy atom. The van der Waals surface area contributed by atoms with Gasteiger partial charge in [-0.3, -0.25) is 4.79 Å². The molecule has 0 bridgehead atoms. The molecule has 1 aliphatic heterocycles. The number of carbonyl (C=O) groups is 1. The summed E-state index contributed by atoms with van der Waals surface area (Å²) in [6.45, 7) is 5.65. The molecule has 1 aliphatic rings. The second kappa shape index (κ2) is 8.99. The molecule has 1 aromatic carbocycles. The van der Waals surface area contributed by atoms with Crippen LogP contribution in [-0.2, 0) is 6.42 Å². The summed E-state index contributed by atoms with van der Waals surface area (Å²) in [4.78, 5) is 39.6. The van der Waals surface area contributed by atoms with Gasteiger partial charge in [-0.1, -0.05) is 12.1 Å². The van der Waals surface area contributed by atoms with E-state index in [1.807, 2.05) is 31.2 Å². The van der Waals surface area contributed by atoms with Gasteiger partial charge in [-0.05, 0) is 37.7 Å². The van der Waals surface area contributed by atoms with E-state index in [2.05, 4.69) is 41.8 Å². The van der Waals surface area contributed by atoms with Crippen LogP contribution >= 0.6 is 0 Å². The van der Waals surface area contributed by atoms with Crippen LogP contribution in [0, 0.1) is 6.92 Å². The smallest absolute Gasteiger partial charge is 0.170 e. The van der Waals surface area contributed by atoms with Gasteiger partial charge >= 0.3 is 0 Å². The Labute approximate surface area is 192 Å². The molecule has 4 heterocycles. The fraction of sp³-hybridized carbons (Fsp3) is 0.280. The highest BCUT2D eigenvalue weighted by atomic mass is 16.1. The van der Waals surface area contributed by atoms with Crippen LogP contribution in [0.2, 0.25) is 0 Å². The van der Waals surface area contributed by atoms with Gasteiger partial charge in [0.2, 0.25) is 0 Å². The molecule has 0 N–H and O–H groups in total. The highest BCUT2D eigenvalue weighted by Crippen LogP contribution is 2.23. The molecule has 3 aromatic heterocycles. The van der Waals surface area contributed by atoms with Crippen LogP contribution in [-0.4, -0.2) is 68.8 Å². The number of likely N-dealkylation sites (N-methyl/N-ethyl adjacent to an activating group) is 1. The maximum absolute atomic E-state index is 13.0. The maximum atomic E-state index is 13.0. The highest BCUT2D eigenvalue weighted by molar-refractivity contribution is 5.98. The molecule has 0 atom stereocenters. The summed E-state index contributed by atoms with van der Waals surface area (Å²) >= 11 is 0. The van der Waals surface area contributed by atoms with Gasteiger partial charge in [0.1, 0.15) is 17.5 Å². The first-order valence-corrected chi connectivity index (χ1v) is 11.0. The SMILES string of the molecule is Cc1ncc(-c2ccc3cnc(CC(=O)c4ccnc(N5CCN(C)CC5)c4)nc3c2)cn1. The largest absolute Gasteiger partial charge is 0.354 e. The van der Waals surface area contributed by atoms with E-state index in [0.717, 1.165) is 59.9 Å². The standard InChI is InChI=1S/C25H25N7O/c1-17-27-15-21(16-28-17)18-3-4-20-14-29-24(30-22(20)11-18)13-23(33)19-5-6-26-25(12-19)32-9-7-31(2)8-10-32/h3-6,11-12,14-16H,7-10,13H2,1-2H3. The van der Waals surface area contributed by atoms with Crippen molar-refractivity contribution in [3.8, 4) is 11.1 Å². The van der Waals surface area contributed by atoms with Gasteiger partial charge < -0.3 is 9.80 Å². The first kappa shape index (κ1) is 21.1. The van der Waals surface area contributed by atoms with E-state index in [1.54, 1.807) is 30.9 Å². The number of pyridine rings is 1. The number of ketones is 1. The summed E-state index contributed by atoms with van der Waals surface area (Å²) < 4.78 is 0. The molecule has 0 radical (unpaired) electrons. The van der Waals surface area contributed by atoms with Crippen molar-refractivity contribution in [2.45, 2.75) is 13.3 Å². The van der Waals surface area contributed by atoms with E-state index in [-0.39, 0.29) is 12.2 Å². The lowest BCUT2D eigenvalue weighted by molar-refractivity contribution is 0.0991. The molecule has 1 fully saturated rings. The summed E-state index contributed by atoms with van der Waals surface area (Å²) in [6.07, 6.45) is 7.22. The number of benzene rings is 1. The number of piperazine rings is 1. The number of anilines is 1. The van der Waals surface area contributed by atoms with Crippen molar-refractivity contribution < 1.29 is 4.79 Å². The van der Waals surface area contributed by atoms with Crippen molar-refractivity contribution >= 4 is 22.5 Å². The zero-order valence-electron chi connectivity index (χ0n) is 18.8. The van der Waals surface area contributed by atoms with Crippen LogP contribution in [0.25, 0.3) is 22.0 Å². The number of aromatic nitrogens is 5. The molecule has 5 rings (SSSR count). The lowest BCUT2D eigenvalue weighted by Gasteiger charge is -2.33. The Hall–Kier alpha value is -3.78. The van der Waals surface area contributed by atoms with Crippen LogP contribution in [0.3, 0.4) is 0 Å². The molecule has 0 saturated carbocycles. The van der Waals surface area contributed by atoms with E-state index in [9.17, 15) is 4.79 Å². The summed E-state index contributed by atoms with van der Waals surface area (Å²) in [5, 5.41) is 0.921. The van der Waals surface area contributed by atoms with Crippen molar-refractivity contribution in [3.05, 3.63) is 72.3 Å². The summed E-state index contributed by atoms with van der Waals surface area (Å²) in [7, 11) is 2.12. The minimum atomic E-state index is -0.0183. The molecular formula is C25H25N7O. The fourth-order valence-corrected chi connectivity index (χ4v) is 3.91. The van der Waals surface area contributed by atoms with Gasteiger partial charge in [-0.25, -0.2) is 24.9 Å². The van der Waals surface area contributed by atoms with Gasteiger partial charge in [-0.15, -0.1) is 0 Å². The first-order chi connectivity index (χ1) is 16.0. The monoisotopic (exact) mass is 439 g/mol. The molecular weight excluding hydrogens is 414 g/mol. The lowest BCUT2D eigenvalue weighted by Crippen LogP contribution is -2.44. The molecule has 8 heteroatoms. The predicted octanol–water partition coefficient (Wildman–Crippen LogP) is 2.97. The van der Waals surface area contributed by atoms with Gasteiger partial charge in [0.05, 0.1) is 11.9 Å². The summed E-state index contributed by atoms with van der Waals surface area (Å²) in [5.41, 5.74) is 3.32. The molecule has 33 heavy (non-hydrogen) atoms. The van der Waals surface area contributed by atoms with Gasteiger partial charge in [0.25, 0.3) is 0 Å². The number of hydrogen-bond acceptors (Lipinski definition) is 8. The van der Waals surface area contributed by atoms with E-state index < -0.39 is 0 Å². The summed E-state index contributed by atoms with van der Waals surface area (Å²) in [5.74, 6) is 2.06. The number of nitrogens with zero attached hydrogens (tertiary/aromatic N) is 7. The van der Waals surface area contributed by atoms with Gasteiger partial charge in [-0.2, -0.15) is 0 Å². The Bertz CT molecular complexity index is 1300. The summed E-state index contributed by atoms with van der Waals surface area (Å²) in [6, 6.07) is 9.60. The predicted molar refractivity (Wildman–Crippen MR) is 127 cm³/mol. The van der Waals surface area contributed by atoms with Crippen LogP contribution in [0.1, 0.15) is 22.0 Å². The van der Waals surface area contributed by atoms with Gasteiger partial charge in [0.15, 0.2) is 5.78 Å². The second-order valence-corrected chi connectivity index (χ2v) is 8.37. The Balaban J connectivity index is 1.36. The number of carbonyl (C=O) groups excluding carboxylic acids is 1. The second-order valence-electron chi connectivity index (χ2n) is 8.37. The Kier molecular flexibility index (Phi) is 5.75. The average Bonchev–Trinajstić information content (AvgIpc) is 2.84. The number of Topliss-reactive ketones (excluding diaryl/α,β-unsaturated/α-hetero) is 1. The molecule has 0 spiro atoms. The Morgan fingerprint density at radius 2 is 1.70 bits per heavy atom.